The molecular formula is C15H23NO2S. The van der Waals surface area contributed by atoms with Gasteiger partial charge in [0.1, 0.15) is 0 Å². The molecule has 106 valence electrons. The minimum Gasteiger partial charge on any atom is -0.328 e. The van der Waals surface area contributed by atoms with Gasteiger partial charge in [-0.3, -0.25) is 0 Å². The molecule has 0 spiro atoms. The first kappa shape index (κ1) is 14.5. The van der Waals surface area contributed by atoms with E-state index in [9.17, 15) is 8.42 Å². The van der Waals surface area contributed by atoms with Gasteiger partial charge in [0.05, 0.1) is 10.6 Å². The van der Waals surface area contributed by atoms with Crippen LogP contribution < -0.4 is 5.73 Å². The van der Waals surface area contributed by atoms with Gasteiger partial charge >= 0.3 is 0 Å². The highest BCUT2D eigenvalue weighted by Crippen LogP contribution is 2.25. The van der Waals surface area contributed by atoms with Crippen molar-refractivity contribution < 1.29 is 8.42 Å². The number of aryl methyl sites for hydroxylation is 2. The van der Waals surface area contributed by atoms with Gasteiger partial charge in [0.2, 0.25) is 0 Å². The Morgan fingerprint density at radius 1 is 1.21 bits per heavy atom. The summed E-state index contributed by atoms with van der Waals surface area (Å²) in [7, 11) is -3.12. The molecule has 0 saturated heterocycles. The minimum atomic E-state index is -3.12. The Morgan fingerprint density at radius 2 is 1.95 bits per heavy atom. The summed E-state index contributed by atoms with van der Waals surface area (Å²) in [5.41, 5.74) is 8.20. The molecule has 19 heavy (non-hydrogen) atoms. The first-order chi connectivity index (χ1) is 8.99. The first-order valence-electron chi connectivity index (χ1n) is 7.09. The second kappa shape index (κ2) is 6.06. The van der Waals surface area contributed by atoms with Crippen molar-refractivity contribution in [2.45, 2.75) is 56.4 Å². The van der Waals surface area contributed by atoms with Crippen molar-refractivity contribution in [1.82, 2.24) is 0 Å². The number of hydrogen-bond acceptors (Lipinski definition) is 3. The van der Waals surface area contributed by atoms with Crippen LogP contribution in [-0.4, -0.2) is 20.2 Å². The molecule has 0 aromatic heterocycles. The van der Waals surface area contributed by atoms with E-state index in [0.717, 1.165) is 32.1 Å². The number of nitrogens with two attached hydrogens (primary N) is 1. The van der Waals surface area contributed by atoms with Crippen molar-refractivity contribution in [3.8, 4) is 0 Å². The molecule has 0 amide bonds. The highest BCUT2D eigenvalue weighted by Gasteiger charge is 2.18. The minimum absolute atomic E-state index is 0.155. The van der Waals surface area contributed by atoms with E-state index in [1.54, 1.807) is 6.07 Å². The molecular weight excluding hydrogens is 258 g/mol. The van der Waals surface area contributed by atoms with Crippen LogP contribution in [0.4, 0.5) is 0 Å². The standard InChI is InChI=1S/C15H23NO2S/c1-12(16)5-2-3-10-19(17,18)15-9-8-13-6-4-7-14(13)11-15/h8-9,11-12H,2-7,10,16H2,1H3. The van der Waals surface area contributed by atoms with Crippen molar-refractivity contribution in [3.05, 3.63) is 29.3 Å². The summed E-state index contributed by atoms with van der Waals surface area (Å²) in [4.78, 5) is 0.494. The van der Waals surface area contributed by atoms with Crippen LogP contribution >= 0.6 is 0 Å². The third kappa shape index (κ3) is 3.80. The number of rotatable bonds is 6. The van der Waals surface area contributed by atoms with E-state index in [2.05, 4.69) is 0 Å². The molecule has 1 atom stereocenters. The summed E-state index contributed by atoms with van der Waals surface area (Å²) < 4.78 is 24.5. The highest BCUT2D eigenvalue weighted by atomic mass is 32.2. The average Bonchev–Trinajstić information content (AvgIpc) is 2.81. The molecule has 0 heterocycles. The smallest absolute Gasteiger partial charge is 0.178 e. The number of fused-ring (bicyclic) bond motifs is 1. The molecule has 1 aromatic carbocycles. The van der Waals surface area contributed by atoms with Crippen LogP contribution in [0.3, 0.4) is 0 Å². The Bertz CT molecular complexity index is 535. The van der Waals surface area contributed by atoms with E-state index >= 15 is 0 Å². The average molecular weight is 281 g/mol. The van der Waals surface area contributed by atoms with E-state index in [-0.39, 0.29) is 11.8 Å². The number of unbranched alkanes of at least 4 members (excludes halogenated alkanes) is 1. The fourth-order valence-corrected chi connectivity index (χ4v) is 4.03. The summed E-state index contributed by atoms with van der Waals surface area (Å²) in [6.07, 6.45) is 5.71. The second-order valence-corrected chi connectivity index (χ2v) is 7.69. The molecule has 0 aliphatic heterocycles. The SMILES string of the molecule is CC(N)CCCCS(=O)(=O)c1ccc2c(c1)CCC2. The molecule has 1 aliphatic rings. The Labute approximate surface area is 116 Å². The fraction of sp³-hybridized carbons (Fsp3) is 0.600. The largest absolute Gasteiger partial charge is 0.328 e. The maximum atomic E-state index is 12.2. The third-order valence-corrected chi connectivity index (χ3v) is 5.55. The molecule has 0 bridgehead atoms. The molecule has 2 N–H and O–H groups in total. The first-order valence-corrected chi connectivity index (χ1v) is 8.74. The lowest BCUT2D eigenvalue weighted by Crippen LogP contribution is -2.15. The lowest BCUT2D eigenvalue weighted by Gasteiger charge is -2.08. The van der Waals surface area contributed by atoms with E-state index in [0.29, 0.717) is 11.3 Å². The van der Waals surface area contributed by atoms with Gasteiger partial charge in [0, 0.05) is 6.04 Å². The van der Waals surface area contributed by atoms with Crippen LogP contribution in [0.2, 0.25) is 0 Å². The Morgan fingerprint density at radius 3 is 2.68 bits per heavy atom. The molecule has 2 rings (SSSR count). The van der Waals surface area contributed by atoms with E-state index in [1.165, 1.54) is 11.1 Å². The summed E-state index contributed by atoms with van der Waals surface area (Å²) in [6.45, 7) is 1.95. The van der Waals surface area contributed by atoms with Gasteiger partial charge in [-0.1, -0.05) is 12.5 Å². The van der Waals surface area contributed by atoms with Crippen molar-refractivity contribution in [1.29, 1.82) is 0 Å². The summed E-state index contributed by atoms with van der Waals surface area (Å²) >= 11 is 0. The van der Waals surface area contributed by atoms with Crippen LogP contribution in [0.25, 0.3) is 0 Å². The topological polar surface area (TPSA) is 60.2 Å². The summed E-state index contributed by atoms with van der Waals surface area (Å²) in [6, 6.07) is 5.79. The third-order valence-electron chi connectivity index (χ3n) is 3.75. The van der Waals surface area contributed by atoms with Crippen LogP contribution in [0, 0.1) is 0 Å². The van der Waals surface area contributed by atoms with Crippen molar-refractivity contribution in [2.75, 3.05) is 5.75 Å². The van der Waals surface area contributed by atoms with Gasteiger partial charge in [-0.05, 0) is 62.3 Å². The van der Waals surface area contributed by atoms with E-state index in [1.807, 2.05) is 19.1 Å². The molecule has 0 fully saturated rings. The predicted molar refractivity (Wildman–Crippen MR) is 78.0 cm³/mol. The Balaban J connectivity index is 1.99. The molecule has 1 unspecified atom stereocenters. The van der Waals surface area contributed by atoms with Crippen LogP contribution in [0.1, 0.15) is 43.7 Å². The van der Waals surface area contributed by atoms with Gasteiger partial charge in [0.25, 0.3) is 0 Å². The fourth-order valence-electron chi connectivity index (χ4n) is 2.62. The molecule has 3 nitrogen and oxygen atoms in total. The second-order valence-electron chi connectivity index (χ2n) is 5.58. The number of sulfone groups is 1. The molecule has 4 heteroatoms. The monoisotopic (exact) mass is 281 g/mol. The maximum absolute atomic E-state index is 12.2. The van der Waals surface area contributed by atoms with Crippen molar-refractivity contribution >= 4 is 9.84 Å². The zero-order valence-electron chi connectivity index (χ0n) is 11.6. The van der Waals surface area contributed by atoms with Crippen LogP contribution in [-0.2, 0) is 22.7 Å². The van der Waals surface area contributed by atoms with Crippen molar-refractivity contribution in [3.63, 3.8) is 0 Å². The van der Waals surface area contributed by atoms with Gasteiger partial charge < -0.3 is 5.73 Å². The predicted octanol–water partition coefficient (Wildman–Crippen LogP) is 2.47. The lowest BCUT2D eigenvalue weighted by molar-refractivity contribution is 0.580. The maximum Gasteiger partial charge on any atom is 0.178 e. The molecule has 1 aliphatic carbocycles. The van der Waals surface area contributed by atoms with Crippen molar-refractivity contribution in [2.24, 2.45) is 5.73 Å². The number of benzene rings is 1. The highest BCUT2D eigenvalue weighted by molar-refractivity contribution is 7.91. The van der Waals surface area contributed by atoms with Gasteiger partial charge in [0.15, 0.2) is 9.84 Å². The van der Waals surface area contributed by atoms with Gasteiger partial charge in [-0.15, -0.1) is 0 Å². The van der Waals surface area contributed by atoms with E-state index in [4.69, 9.17) is 5.73 Å². The van der Waals surface area contributed by atoms with Crippen LogP contribution in [0.15, 0.2) is 23.1 Å². The van der Waals surface area contributed by atoms with Gasteiger partial charge in [-0.2, -0.15) is 0 Å². The van der Waals surface area contributed by atoms with E-state index < -0.39 is 9.84 Å². The Hall–Kier alpha value is -0.870. The lowest BCUT2D eigenvalue weighted by atomic mass is 10.1. The zero-order valence-corrected chi connectivity index (χ0v) is 12.4. The normalized spacial score (nSPS) is 16.3. The quantitative estimate of drug-likeness (QED) is 0.815. The molecule has 0 radical (unpaired) electrons. The summed E-state index contributed by atoms with van der Waals surface area (Å²) in [5, 5.41) is 0. The van der Waals surface area contributed by atoms with Crippen LogP contribution in [0.5, 0.6) is 0 Å². The summed E-state index contributed by atoms with van der Waals surface area (Å²) in [5.74, 6) is 0.235. The molecule has 0 saturated carbocycles. The Kier molecular flexibility index (Phi) is 4.63. The zero-order chi connectivity index (χ0) is 13.9. The van der Waals surface area contributed by atoms with Gasteiger partial charge in [-0.25, -0.2) is 8.42 Å². The number of hydrogen-bond donors (Lipinski definition) is 1. The molecule has 1 aromatic rings.